The quantitative estimate of drug-likeness (QED) is 0.861. The van der Waals surface area contributed by atoms with E-state index < -0.39 is 0 Å². The van der Waals surface area contributed by atoms with Crippen LogP contribution in [0.3, 0.4) is 0 Å². The Kier molecular flexibility index (Phi) is 5.47. The van der Waals surface area contributed by atoms with Crippen LogP contribution in [0.1, 0.15) is 11.1 Å². The van der Waals surface area contributed by atoms with Gasteiger partial charge >= 0.3 is 0 Å². The minimum Gasteiger partial charge on any atom is -0.374 e. The van der Waals surface area contributed by atoms with E-state index in [9.17, 15) is 13.6 Å². The Hall–Kier alpha value is -2.43. The summed E-state index contributed by atoms with van der Waals surface area (Å²) in [6, 6.07) is 10.9. The third-order valence-electron chi connectivity index (χ3n) is 3.21. The number of hydrogen-bond donors (Lipinski definition) is 2. The lowest BCUT2D eigenvalue weighted by molar-refractivity contribution is -0.119. The summed E-state index contributed by atoms with van der Waals surface area (Å²) < 4.78 is 26.3. The van der Waals surface area contributed by atoms with Gasteiger partial charge in [0.2, 0.25) is 5.91 Å². The molecule has 1 amide bonds. The fraction of sp³-hybridized carbons (Fsp3) is 0.235. The van der Waals surface area contributed by atoms with Gasteiger partial charge in [0.1, 0.15) is 11.6 Å². The van der Waals surface area contributed by atoms with Gasteiger partial charge in [0.15, 0.2) is 0 Å². The zero-order valence-corrected chi connectivity index (χ0v) is 12.3. The number of rotatable bonds is 6. The van der Waals surface area contributed by atoms with Gasteiger partial charge < -0.3 is 10.6 Å². The lowest BCUT2D eigenvalue weighted by atomic mass is 10.1. The molecule has 0 aromatic heterocycles. The zero-order chi connectivity index (χ0) is 15.9. The summed E-state index contributed by atoms with van der Waals surface area (Å²) in [5.41, 5.74) is 2.07. The maximum Gasteiger partial charge on any atom is 0.239 e. The van der Waals surface area contributed by atoms with Crippen LogP contribution in [0.2, 0.25) is 0 Å². The number of amides is 1. The molecule has 0 aliphatic heterocycles. The Morgan fingerprint density at radius 2 is 1.82 bits per heavy atom. The summed E-state index contributed by atoms with van der Waals surface area (Å²) >= 11 is 0. The number of aryl methyl sites for hydroxylation is 1. The van der Waals surface area contributed by atoms with E-state index in [0.717, 1.165) is 11.1 Å². The standard InChI is InChI=1S/C17H18F2N2O/c1-12-2-7-16(15(19)10-12)21-11-17(22)20-9-8-13-3-5-14(18)6-4-13/h2-7,10,21H,8-9,11H2,1H3,(H,20,22). The molecule has 0 spiro atoms. The molecule has 0 heterocycles. The first kappa shape index (κ1) is 15.9. The van der Waals surface area contributed by atoms with Gasteiger partial charge in [-0.1, -0.05) is 18.2 Å². The van der Waals surface area contributed by atoms with Gasteiger partial charge in [-0.2, -0.15) is 0 Å². The second-order valence-corrected chi connectivity index (χ2v) is 5.06. The molecule has 2 aromatic rings. The third-order valence-corrected chi connectivity index (χ3v) is 3.21. The summed E-state index contributed by atoms with van der Waals surface area (Å²) in [7, 11) is 0. The van der Waals surface area contributed by atoms with Crippen molar-refractivity contribution in [2.75, 3.05) is 18.4 Å². The first-order chi connectivity index (χ1) is 10.5. The van der Waals surface area contributed by atoms with Crippen molar-refractivity contribution in [1.82, 2.24) is 5.32 Å². The predicted octanol–water partition coefficient (Wildman–Crippen LogP) is 3.04. The highest BCUT2D eigenvalue weighted by Gasteiger charge is 2.05. The molecule has 0 unspecified atom stereocenters. The average Bonchev–Trinajstić information content (AvgIpc) is 2.48. The monoisotopic (exact) mass is 304 g/mol. The molecule has 2 aromatic carbocycles. The fourth-order valence-corrected chi connectivity index (χ4v) is 2.00. The normalized spacial score (nSPS) is 10.3. The van der Waals surface area contributed by atoms with Crippen LogP contribution in [0.4, 0.5) is 14.5 Å². The smallest absolute Gasteiger partial charge is 0.239 e. The van der Waals surface area contributed by atoms with E-state index in [2.05, 4.69) is 10.6 Å². The first-order valence-electron chi connectivity index (χ1n) is 7.06. The molecule has 116 valence electrons. The Morgan fingerprint density at radius 1 is 1.09 bits per heavy atom. The maximum absolute atomic E-state index is 13.6. The second kappa shape index (κ2) is 7.54. The minimum absolute atomic E-state index is 0.00337. The van der Waals surface area contributed by atoms with E-state index in [1.165, 1.54) is 18.2 Å². The summed E-state index contributed by atoms with van der Waals surface area (Å²) in [6.45, 7) is 2.25. The molecular weight excluding hydrogens is 286 g/mol. The molecule has 0 saturated carbocycles. The van der Waals surface area contributed by atoms with Gasteiger partial charge in [0.05, 0.1) is 12.2 Å². The molecule has 0 radical (unpaired) electrons. The van der Waals surface area contributed by atoms with Crippen molar-refractivity contribution in [2.24, 2.45) is 0 Å². The number of nitrogens with one attached hydrogen (secondary N) is 2. The Balaban J connectivity index is 1.72. The molecule has 3 nitrogen and oxygen atoms in total. The second-order valence-electron chi connectivity index (χ2n) is 5.06. The van der Waals surface area contributed by atoms with Crippen LogP contribution in [-0.4, -0.2) is 19.0 Å². The van der Waals surface area contributed by atoms with Crippen molar-refractivity contribution in [3.05, 3.63) is 65.2 Å². The summed E-state index contributed by atoms with van der Waals surface area (Å²) in [6.07, 6.45) is 0.616. The molecule has 0 atom stereocenters. The largest absolute Gasteiger partial charge is 0.374 e. The van der Waals surface area contributed by atoms with Crippen molar-refractivity contribution in [2.45, 2.75) is 13.3 Å². The molecule has 0 saturated heterocycles. The van der Waals surface area contributed by atoms with Crippen LogP contribution < -0.4 is 10.6 Å². The van der Waals surface area contributed by atoms with E-state index in [1.807, 2.05) is 0 Å². The van der Waals surface area contributed by atoms with Gasteiger partial charge in [0, 0.05) is 6.54 Å². The number of hydrogen-bond acceptors (Lipinski definition) is 2. The van der Waals surface area contributed by atoms with Gasteiger partial charge in [0.25, 0.3) is 0 Å². The van der Waals surface area contributed by atoms with Crippen LogP contribution in [0.5, 0.6) is 0 Å². The SMILES string of the molecule is Cc1ccc(NCC(=O)NCCc2ccc(F)cc2)c(F)c1. The number of carbonyl (C=O) groups is 1. The van der Waals surface area contributed by atoms with Crippen molar-refractivity contribution in [3.8, 4) is 0 Å². The molecule has 0 bridgehead atoms. The summed E-state index contributed by atoms with van der Waals surface area (Å²) in [4.78, 5) is 11.7. The summed E-state index contributed by atoms with van der Waals surface area (Å²) in [5.74, 6) is -0.877. The molecule has 0 fully saturated rings. The predicted molar refractivity (Wildman–Crippen MR) is 82.7 cm³/mol. The van der Waals surface area contributed by atoms with Crippen LogP contribution in [0.15, 0.2) is 42.5 Å². The number of halogens is 2. The van der Waals surface area contributed by atoms with E-state index >= 15 is 0 Å². The summed E-state index contributed by atoms with van der Waals surface area (Å²) in [5, 5.41) is 5.49. The molecular formula is C17H18F2N2O. The lowest BCUT2D eigenvalue weighted by Crippen LogP contribution is -2.31. The highest BCUT2D eigenvalue weighted by Crippen LogP contribution is 2.14. The highest BCUT2D eigenvalue weighted by atomic mass is 19.1. The van der Waals surface area contributed by atoms with Gasteiger partial charge in [-0.25, -0.2) is 8.78 Å². The molecule has 5 heteroatoms. The Labute approximate surface area is 128 Å². The molecule has 22 heavy (non-hydrogen) atoms. The molecule has 2 N–H and O–H groups in total. The van der Waals surface area contributed by atoms with E-state index in [-0.39, 0.29) is 24.1 Å². The molecule has 2 rings (SSSR count). The van der Waals surface area contributed by atoms with Crippen LogP contribution in [-0.2, 0) is 11.2 Å². The van der Waals surface area contributed by atoms with Crippen LogP contribution in [0.25, 0.3) is 0 Å². The van der Waals surface area contributed by atoms with E-state index in [0.29, 0.717) is 18.7 Å². The Morgan fingerprint density at radius 3 is 2.50 bits per heavy atom. The lowest BCUT2D eigenvalue weighted by Gasteiger charge is -2.09. The molecule has 0 aliphatic rings. The van der Waals surface area contributed by atoms with E-state index in [1.54, 1.807) is 31.2 Å². The highest BCUT2D eigenvalue weighted by molar-refractivity contribution is 5.80. The third kappa shape index (κ3) is 4.84. The number of anilines is 1. The zero-order valence-electron chi connectivity index (χ0n) is 12.3. The topological polar surface area (TPSA) is 41.1 Å². The first-order valence-corrected chi connectivity index (χ1v) is 7.06. The Bertz CT molecular complexity index is 642. The van der Waals surface area contributed by atoms with Crippen LogP contribution >= 0.6 is 0 Å². The van der Waals surface area contributed by atoms with Crippen LogP contribution in [0, 0.1) is 18.6 Å². The van der Waals surface area contributed by atoms with Gasteiger partial charge in [-0.15, -0.1) is 0 Å². The van der Waals surface area contributed by atoms with Gasteiger partial charge in [-0.05, 0) is 48.7 Å². The number of carbonyl (C=O) groups excluding carboxylic acids is 1. The molecule has 0 aliphatic carbocycles. The fourth-order valence-electron chi connectivity index (χ4n) is 2.00. The van der Waals surface area contributed by atoms with Crippen molar-refractivity contribution in [3.63, 3.8) is 0 Å². The maximum atomic E-state index is 13.6. The van der Waals surface area contributed by atoms with Crippen molar-refractivity contribution < 1.29 is 13.6 Å². The van der Waals surface area contributed by atoms with Gasteiger partial charge in [-0.3, -0.25) is 4.79 Å². The average molecular weight is 304 g/mol. The van der Waals surface area contributed by atoms with Crippen molar-refractivity contribution >= 4 is 11.6 Å². The van der Waals surface area contributed by atoms with E-state index in [4.69, 9.17) is 0 Å². The number of benzene rings is 2. The van der Waals surface area contributed by atoms with Crippen molar-refractivity contribution in [1.29, 1.82) is 0 Å². The minimum atomic E-state index is -0.376.